The lowest BCUT2D eigenvalue weighted by Crippen LogP contribution is -2.46. The minimum atomic E-state index is -1.19. The molecule has 2 aromatic heterocycles. The summed E-state index contributed by atoms with van der Waals surface area (Å²) < 4.78 is 13.3. The van der Waals surface area contributed by atoms with Crippen LogP contribution in [0.4, 0.5) is 4.39 Å². The van der Waals surface area contributed by atoms with Crippen LogP contribution in [0.25, 0.3) is 22.5 Å². The molecule has 2 atom stereocenters. The first-order valence-electron chi connectivity index (χ1n) is 10.6. The summed E-state index contributed by atoms with van der Waals surface area (Å²) in [5.74, 6) is -0.837. The number of aliphatic hydroxyl groups excluding tert-OH is 2. The van der Waals surface area contributed by atoms with Gasteiger partial charge in [-0.3, -0.25) is 14.9 Å². The molecule has 7 nitrogen and oxygen atoms in total. The molecular weight excluding hydrogens is 459 g/mol. The highest BCUT2D eigenvalue weighted by Crippen LogP contribution is 2.32. The van der Waals surface area contributed by atoms with Gasteiger partial charge in [-0.2, -0.15) is 5.10 Å². The first kappa shape index (κ1) is 23.6. The van der Waals surface area contributed by atoms with E-state index in [2.05, 4.69) is 20.5 Å². The van der Waals surface area contributed by atoms with E-state index < -0.39 is 24.7 Å². The summed E-state index contributed by atoms with van der Waals surface area (Å²) in [6.07, 6.45) is 0.649. The van der Waals surface area contributed by atoms with E-state index in [1.807, 2.05) is 0 Å². The number of nitrogens with zero attached hydrogens (tertiary/aromatic N) is 2. The molecule has 2 aromatic carbocycles. The van der Waals surface area contributed by atoms with Crippen LogP contribution in [-0.4, -0.2) is 50.1 Å². The van der Waals surface area contributed by atoms with Crippen molar-refractivity contribution in [3.63, 3.8) is 0 Å². The minimum absolute atomic E-state index is 0.224. The number of halogens is 2. The molecule has 0 spiro atoms. The van der Waals surface area contributed by atoms with E-state index in [1.165, 1.54) is 12.1 Å². The number of aliphatic hydroxyl groups is 2. The lowest BCUT2D eigenvalue weighted by molar-refractivity contribution is 0.0565. The van der Waals surface area contributed by atoms with Gasteiger partial charge in [0.25, 0.3) is 5.91 Å². The van der Waals surface area contributed by atoms with Crippen LogP contribution in [-0.2, 0) is 6.42 Å². The minimum Gasteiger partial charge on any atom is -0.394 e. The van der Waals surface area contributed by atoms with E-state index in [9.17, 15) is 19.4 Å². The Hall–Kier alpha value is -3.59. The maximum Gasteiger partial charge on any atom is 0.252 e. The number of hydrogen-bond donors (Lipinski definition) is 4. The van der Waals surface area contributed by atoms with Crippen molar-refractivity contribution in [2.24, 2.45) is 0 Å². The molecule has 0 bridgehead atoms. The van der Waals surface area contributed by atoms with Crippen molar-refractivity contribution in [2.75, 3.05) is 6.61 Å². The van der Waals surface area contributed by atoms with E-state index >= 15 is 0 Å². The number of hydrogen-bond acceptors (Lipinski definition) is 5. The molecule has 0 aliphatic carbocycles. The van der Waals surface area contributed by atoms with Gasteiger partial charge in [-0.1, -0.05) is 23.7 Å². The molecule has 174 valence electrons. The van der Waals surface area contributed by atoms with Gasteiger partial charge in [-0.15, -0.1) is 0 Å². The molecular formula is C25H22ClFN4O3. The topological polar surface area (TPSA) is 111 Å². The van der Waals surface area contributed by atoms with Crippen LogP contribution in [0.15, 0.2) is 72.9 Å². The van der Waals surface area contributed by atoms with Crippen LogP contribution in [0.3, 0.4) is 0 Å². The molecule has 4 N–H and O–H groups in total. The fraction of sp³-hybridized carbons (Fsp3) is 0.160. The van der Waals surface area contributed by atoms with Crippen LogP contribution < -0.4 is 5.32 Å². The van der Waals surface area contributed by atoms with Gasteiger partial charge in [0, 0.05) is 23.9 Å². The zero-order valence-electron chi connectivity index (χ0n) is 18.0. The second-order valence-electron chi connectivity index (χ2n) is 7.69. The van der Waals surface area contributed by atoms with Crippen LogP contribution in [0, 0.1) is 5.82 Å². The SMILES string of the molecule is O=C(N[C@H](Cc1ccccn1)[C@H](O)CO)c1cccc(Cl)c1-c1cc(-c2ccc(F)cc2)[nH]n1. The van der Waals surface area contributed by atoms with E-state index in [4.69, 9.17) is 11.6 Å². The first-order chi connectivity index (χ1) is 16.5. The van der Waals surface area contributed by atoms with Gasteiger partial charge in [0.05, 0.1) is 40.7 Å². The van der Waals surface area contributed by atoms with E-state index in [1.54, 1.807) is 60.8 Å². The summed E-state index contributed by atoms with van der Waals surface area (Å²) in [6, 6.07) is 17.1. The molecule has 4 aromatic rings. The molecule has 0 radical (unpaired) electrons. The predicted octanol–water partition coefficient (Wildman–Crippen LogP) is 3.63. The Morgan fingerprint density at radius 2 is 1.91 bits per heavy atom. The molecule has 34 heavy (non-hydrogen) atoms. The number of nitrogens with one attached hydrogen (secondary N) is 2. The summed E-state index contributed by atoms with van der Waals surface area (Å²) in [6.45, 7) is -0.527. The number of pyridine rings is 1. The Morgan fingerprint density at radius 1 is 1.12 bits per heavy atom. The third-order valence-electron chi connectivity index (χ3n) is 5.37. The normalized spacial score (nSPS) is 12.8. The quantitative estimate of drug-likeness (QED) is 0.308. The third kappa shape index (κ3) is 5.31. The summed E-state index contributed by atoms with van der Waals surface area (Å²) in [5.41, 5.74) is 3.09. The highest BCUT2D eigenvalue weighted by molar-refractivity contribution is 6.34. The number of amides is 1. The fourth-order valence-corrected chi connectivity index (χ4v) is 3.87. The van der Waals surface area contributed by atoms with Crippen LogP contribution >= 0.6 is 11.6 Å². The number of aromatic amines is 1. The van der Waals surface area contributed by atoms with Crippen molar-refractivity contribution in [3.05, 3.63) is 95.0 Å². The number of aromatic nitrogens is 3. The Bertz CT molecular complexity index is 1260. The fourth-order valence-electron chi connectivity index (χ4n) is 3.60. The highest BCUT2D eigenvalue weighted by Gasteiger charge is 2.25. The Morgan fingerprint density at radius 3 is 2.62 bits per heavy atom. The molecule has 0 saturated heterocycles. The number of carbonyl (C=O) groups is 1. The van der Waals surface area contributed by atoms with Gasteiger partial charge < -0.3 is 15.5 Å². The maximum atomic E-state index is 13.3. The molecule has 0 fully saturated rings. The first-order valence-corrected chi connectivity index (χ1v) is 10.9. The standard InChI is InChI=1S/C25H22ClFN4O3/c26-19-6-3-5-18(24(19)22-13-20(30-31-22)15-7-9-16(27)10-8-15)25(34)29-21(23(33)14-32)12-17-4-1-2-11-28-17/h1-11,13,21,23,32-33H,12,14H2,(H,29,34)(H,30,31)/t21-,23-/m1/s1. The van der Waals surface area contributed by atoms with Crippen LogP contribution in [0.5, 0.6) is 0 Å². The molecule has 1 amide bonds. The van der Waals surface area contributed by atoms with E-state index in [0.717, 1.165) is 5.56 Å². The molecule has 9 heteroatoms. The molecule has 0 aliphatic heterocycles. The number of benzene rings is 2. The summed E-state index contributed by atoms with van der Waals surface area (Å²) in [7, 11) is 0. The van der Waals surface area contributed by atoms with Crippen molar-refractivity contribution in [1.82, 2.24) is 20.5 Å². The second kappa shape index (κ2) is 10.6. The van der Waals surface area contributed by atoms with E-state index in [-0.39, 0.29) is 17.8 Å². The molecule has 0 unspecified atom stereocenters. The van der Waals surface area contributed by atoms with Crippen molar-refractivity contribution in [3.8, 4) is 22.5 Å². The smallest absolute Gasteiger partial charge is 0.252 e. The monoisotopic (exact) mass is 480 g/mol. The highest BCUT2D eigenvalue weighted by atomic mass is 35.5. The zero-order chi connectivity index (χ0) is 24.1. The van der Waals surface area contributed by atoms with Gasteiger partial charge >= 0.3 is 0 Å². The van der Waals surface area contributed by atoms with Gasteiger partial charge in [0.1, 0.15) is 5.82 Å². The van der Waals surface area contributed by atoms with Gasteiger partial charge in [-0.25, -0.2) is 4.39 Å². The second-order valence-corrected chi connectivity index (χ2v) is 8.10. The van der Waals surface area contributed by atoms with Crippen molar-refractivity contribution < 1.29 is 19.4 Å². The Balaban J connectivity index is 1.63. The molecule has 4 rings (SSSR count). The lowest BCUT2D eigenvalue weighted by atomic mass is 10.0. The van der Waals surface area contributed by atoms with Crippen molar-refractivity contribution in [2.45, 2.75) is 18.6 Å². The van der Waals surface area contributed by atoms with Gasteiger partial charge in [0.15, 0.2) is 0 Å². The van der Waals surface area contributed by atoms with E-state index in [0.29, 0.717) is 27.7 Å². The summed E-state index contributed by atoms with van der Waals surface area (Å²) >= 11 is 6.46. The number of rotatable bonds is 8. The Kier molecular flexibility index (Phi) is 7.32. The zero-order valence-corrected chi connectivity index (χ0v) is 18.7. The number of H-pyrrole nitrogens is 1. The molecule has 0 aliphatic rings. The van der Waals surface area contributed by atoms with Crippen molar-refractivity contribution >= 4 is 17.5 Å². The van der Waals surface area contributed by atoms with Crippen molar-refractivity contribution in [1.29, 1.82) is 0 Å². The summed E-state index contributed by atoms with van der Waals surface area (Å²) in [5, 5.41) is 30.1. The molecule has 2 heterocycles. The Labute approximate surface area is 200 Å². The average Bonchev–Trinajstić information content (AvgIpc) is 3.33. The van der Waals surface area contributed by atoms with Crippen LogP contribution in [0.1, 0.15) is 16.1 Å². The average molecular weight is 481 g/mol. The third-order valence-corrected chi connectivity index (χ3v) is 5.69. The molecule has 0 saturated carbocycles. The largest absolute Gasteiger partial charge is 0.394 e. The maximum absolute atomic E-state index is 13.3. The van der Waals surface area contributed by atoms with Crippen LogP contribution in [0.2, 0.25) is 5.02 Å². The summed E-state index contributed by atoms with van der Waals surface area (Å²) in [4.78, 5) is 17.5. The number of carbonyl (C=O) groups excluding carboxylic acids is 1. The van der Waals surface area contributed by atoms with Gasteiger partial charge in [-0.05, 0) is 60.2 Å². The van der Waals surface area contributed by atoms with Gasteiger partial charge in [0.2, 0.25) is 0 Å². The predicted molar refractivity (Wildman–Crippen MR) is 127 cm³/mol. The lowest BCUT2D eigenvalue weighted by Gasteiger charge is -2.23.